The van der Waals surface area contributed by atoms with Crippen LogP contribution in [0.3, 0.4) is 0 Å². The van der Waals surface area contributed by atoms with Crippen molar-refractivity contribution in [2.24, 2.45) is 0 Å². The molecule has 0 bridgehead atoms. The molecule has 0 saturated carbocycles. The van der Waals surface area contributed by atoms with Gasteiger partial charge in [0.15, 0.2) is 0 Å². The lowest BCUT2D eigenvalue weighted by Gasteiger charge is -2.33. The first-order chi connectivity index (χ1) is 28.2. The molecule has 0 aromatic heterocycles. The molecule has 1 aliphatic carbocycles. The zero-order valence-corrected chi connectivity index (χ0v) is 40.1. The average molecular weight is 811 g/mol. The quantitative estimate of drug-likeness (QED) is 0.0634. The van der Waals surface area contributed by atoms with Crippen LogP contribution in [0.25, 0.3) is 11.1 Å². The predicted molar refractivity (Wildman–Crippen MR) is 255 cm³/mol. The molecule has 0 unspecified atom stereocenters. The molecule has 330 valence electrons. The van der Waals surface area contributed by atoms with Gasteiger partial charge < -0.3 is 18.6 Å². The zero-order valence-electron chi connectivity index (χ0n) is 40.1. The summed E-state index contributed by atoms with van der Waals surface area (Å²) in [5, 5.41) is 0. The van der Waals surface area contributed by atoms with Crippen LogP contribution in [-0.2, 0) is 24.0 Å². The van der Waals surface area contributed by atoms with Gasteiger partial charge in [0.05, 0.1) is 22.4 Å². The van der Waals surface area contributed by atoms with E-state index in [1.165, 1.54) is 189 Å². The van der Waals surface area contributed by atoms with Crippen LogP contribution in [-0.4, -0.2) is 36.6 Å². The van der Waals surface area contributed by atoms with Crippen LogP contribution in [0.4, 0.5) is 0 Å². The summed E-state index contributed by atoms with van der Waals surface area (Å²) in [6.07, 6.45) is 35.2. The Bertz CT molecular complexity index is 1420. The molecule has 59 heavy (non-hydrogen) atoms. The summed E-state index contributed by atoms with van der Waals surface area (Å²) >= 11 is 0. The maximum absolute atomic E-state index is 6.68. The molecule has 2 aliphatic heterocycles. The van der Waals surface area contributed by atoms with Crippen molar-refractivity contribution in [2.75, 3.05) is 0 Å². The number of benzene rings is 2. The normalized spacial score (nSPS) is 19.4. The van der Waals surface area contributed by atoms with Crippen LogP contribution in [0.2, 0.25) is 0 Å². The van der Waals surface area contributed by atoms with Crippen molar-refractivity contribution in [1.29, 1.82) is 0 Å². The summed E-state index contributed by atoms with van der Waals surface area (Å²) in [5.41, 5.74) is 6.46. The molecule has 2 fully saturated rings. The summed E-state index contributed by atoms with van der Waals surface area (Å²) in [5.74, 6) is 0. The Labute approximate surface area is 365 Å². The second-order valence-corrected chi connectivity index (χ2v) is 21.1. The lowest BCUT2D eigenvalue weighted by molar-refractivity contribution is 0.00578. The number of unbranched alkanes of at least 4 members (excludes halogenated alkanes) is 22. The molecule has 2 aromatic rings. The van der Waals surface area contributed by atoms with Crippen molar-refractivity contribution < 1.29 is 18.6 Å². The first-order valence-electron chi connectivity index (χ1n) is 25.2. The van der Waals surface area contributed by atoms with Gasteiger partial charge in [-0.05, 0) is 101 Å². The van der Waals surface area contributed by atoms with Gasteiger partial charge in [0.25, 0.3) is 0 Å². The SMILES string of the molecule is CCCCCCCCCCCCCCC1(CCCCCCCCCCCCCC)c2cc(B3OC(C)(C)C(C)(C)O3)ccc2-c2ccc(B3OC(C)(C)C(C)(C)O3)cc21. The minimum absolute atomic E-state index is 0.0685. The Kier molecular flexibility index (Phi) is 18.2. The minimum Gasteiger partial charge on any atom is -0.399 e. The summed E-state index contributed by atoms with van der Waals surface area (Å²) in [6, 6.07) is 14.3. The summed E-state index contributed by atoms with van der Waals surface area (Å²) in [4.78, 5) is 0. The van der Waals surface area contributed by atoms with E-state index < -0.39 is 0 Å². The first kappa shape index (κ1) is 48.4. The van der Waals surface area contributed by atoms with Crippen LogP contribution < -0.4 is 10.9 Å². The molecule has 6 heteroatoms. The predicted octanol–water partition coefficient (Wildman–Crippen LogP) is 14.7. The maximum Gasteiger partial charge on any atom is 0.494 e. The molecule has 0 atom stereocenters. The summed E-state index contributed by atoms with van der Waals surface area (Å²) in [7, 11) is -0.740. The lowest BCUT2D eigenvalue weighted by atomic mass is 9.67. The second kappa shape index (κ2) is 22.2. The molecule has 4 nitrogen and oxygen atoms in total. The van der Waals surface area contributed by atoms with E-state index >= 15 is 0 Å². The van der Waals surface area contributed by atoms with Gasteiger partial charge in [-0.2, -0.15) is 0 Å². The van der Waals surface area contributed by atoms with Crippen molar-refractivity contribution in [3.63, 3.8) is 0 Å². The molecule has 0 N–H and O–H groups in total. The molecule has 0 amide bonds. The monoisotopic (exact) mass is 811 g/mol. The largest absolute Gasteiger partial charge is 0.494 e. The smallest absolute Gasteiger partial charge is 0.399 e. The van der Waals surface area contributed by atoms with Gasteiger partial charge >= 0.3 is 14.2 Å². The number of hydrogen-bond donors (Lipinski definition) is 0. The van der Waals surface area contributed by atoms with Gasteiger partial charge in [-0.25, -0.2) is 0 Å². The van der Waals surface area contributed by atoms with Gasteiger partial charge in [0.2, 0.25) is 0 Å². The fourth-order valence-electron chi connectivity index (χ4n) is 9.98. The van der Waals surface area contributed by atoms with Crippen molar-refractivity contribution in [1.82, 2.24) is 0 Å². The first-order valence-corrected chi connectivity index (χ1v) is 25.2. The molecule has 2 saturated heterocycles. The highest BCUT2D eigenvalue weighted by molar-refractivity contribution is 6.62. The Morgan fingerprint density at radius 2 is 0.610 bits per heavy atom. The van der Waals surface area contributed by atoms with Crippen LogP contribution in [0.15, 0.2) is 36.4 Å². The summed E-state index contributed by atoms with van der Waals surface area (Å²) < 4.78 is 26.7. The van der Waals surface area contributed by atoms with E-state index in [1.54, 1.807) is 0 Å². The Morgan fingerprint density at radius 3 is 0.881 bits per heavy atom. The molecule has 2 aromatic carbocycles. The van der Waals surface area contributed by atoms with E-state index in [4.69, 9.17) is 18.6 Å². The maximum atomic E-state index is 6.68. The molecule has 3 aliphatic rings. The van der Waals surface area contributed by atoms with Gasteiger partial charge in [-0.3, -0.25) is 0 Å². The van der Waals surface area contributed by atoms with Crippen LogP contribution in [0, 0.1) is 0 Å². The van der Waals surface area contributed by atoms with E-state index in [-0.39, 0.29) is 42.1 Å². The second-order valence-electron chi connectivity index (χ2n) is 21.1. The third-order valence-electron chi connectivity index (χ3n) is 15.4. The number of fused-ring (bicyclic) bond motifs is 3. The fourth-order valence-corrected chi connectivity index (χ4v) is 9.98. The van der Waals surface area contributed by atoms with Gasteiger partial charge in [-0.15, -0.1) is 0 Å². The van der Waals surface area contributed by atoms with E-state index in [2.05, 4.69) is 106 Å². The highest BCUT2D eigenvalue weighted by Gasteiger charge is 2.54. The van der Waals surface area contributed by atoms with Crippen LogP contribution in [0.1, 0.15) is 247 Å². The van der Waals surface area contributed by atoms with E-state index in [0.717, 1.165) is 10.9 Å². The van der Waals surface area contributed by atoms with Crippen molar-refractivity contribution in [3.05, 3.63) is 47.5 Å². The Morgan fingerprint density at radius 1 is 0.356 bits per heavy atom. The number of rotatable bonds is 28. The Balaban J connectivity index is 1.36. The lowest BCUT2D eigenvalue weighted by Crippen LogP contribution is -2.41. The zero-order chi connectivity index (χ0) is 42.6. The number of hydrogen-bond acceptors (Lipinski definition) is 4. The topological polar surface area (TPSA) is 36.9 Å². The third kappa shape index (κ3) is 12.3. The summed E-state index contributed by atoms with van der Waals surface area (Å²) in [6.45, 7) is 21.9. The highest BCUT2D eigenvalue weighted by atomic mass is 16.7. The van der Waals surface area contributed by atoms with Crippen molar-refractivity contribution in [2.45, 2.75) is 264 Å². The molecular weight excluding hydrogens is 722 g/mol. The Hall–Kier alpha value is -1.59. The molecule has 0 spiro atoms. The molecular formula is C53H88B2O4. The highest BCUT2D eigenvalue weighted by Crippen LogP contribution is 2.54. The molecule has 0 radical (unpaired) electrons. The standard InChI is InChI=1S/C53H88B2O4/c1-11-13-15-17-19-21-23-25-27-29-31-33-39-53(40-34-32-30-28-26-24-22-20-18-16-14-12-2)47-41-43(54-56-49(3,4)50(5,6)57-54)35-37-45(47)46-38-36-44(42-48(46)53)55-58-51(7,8)52(9,10)59-55/h35-38,41-42H,11-34,39-40H2,1-10H3. The van der Waals surface area contributed by atoms with Gasteiger partial charge in [-0.1, -0.05) is 204 Å². The van der Waals surface area contributed by atoms with E-state index in [0.29, 0.717) is 0 Å². The van der Waals surface area contributed by atoms with Crippen molar-refractivity contribution >= 4 is 25.2 Å². The van der Waals surface area contributed by atoms with Gasteiger partial charge in [0.1, 0.15) is 0 Å². The van der Waals surface area contributed by atoms with Crippen LogP contribution >= 0.6 is 0 Å². The molecule has 5 rings (SSSR count). The fraction of sp³-hybridized carbons (Fsp3) is 0.774. The van der Waals surface area contributed by atoms with Crippen molar-refractivity contribution in [3.8, 4) is 11.1 Å². The van der Waals surface area contributed by atoms with Crippen LogP contribution in [0.5, 0.6) is 0 Å². The molecule has 2 heterocycles. The minimum atomic E-state index is -0.376. The third-order valence-corrected chi connectivity index (χ3v) is 15.4. The average Bonchev–Trinajstić information content (AvgIpc) is 3.69. The van der Waals surface area contributed by atoms with E-state index in [1.807, 2.05) is 0 Å². The van der Waals surface area contributed by atoms with E-state index in [9.17, 15) is 0 Å². The van der Waals surface area contributed by atoms with Gasteiger partial charge in [0, 0.05) is 5.41 Å².